The Hall–Kier alpha value is -4.73. The Labute approximate surface area is 285 Å². The number of carbonyl (C=O) groups is 3. The number of nitrogens with zero attached hydrogens (tertiary/aromatic N) is 2. The van der Waals surface area contributed by atoms with Crippen LogP contribution in [0.4, 0.5) is 0 Å². The van der Waals surface area contributed by atoms with Crippen molar-refractivity contribution < 1.29 is 19.5 Å². The van der Waals surface area contributed by atoms with Gasteiger partial charge in [-0.15, -0.1) is 0 Å². The van der Waals surface area contributed by atoms with Crippen molar-refractivity contribution in [3.8, 4) is 11.1 Å². The maximum Gasteiger partial charge on any atom is 0.336 e. The second kappa shape index (κ2) is 15.9. The lowest BCUT2D eigenvalue weighted by Crippen LogP contribution is -2.39. The number of aromatic nitrogens is 2. The fourth-order valence-corrected chi connectivity index (χ4v) is 6.78. The zero-order valence-electron chi connectivity index (χ0n) is 27.6. The van der Waals surface area contributed by atoms with Gasteiger partial charge in [0.2, 0.25) is 5.12 Å². The van der Waals surface area contributed by atoms with Crippen molar-refractivity contribution in [2.75, 3.05) is 5.75 Å². The summed E-state index contributed by atoms with van der Waals surface area (Å²) in [5.41, 5.74) is 13.0. The predicted octanol–water partition coefficient (Wildman–Crippen LogP) is 7.05. The molecule has 4 aromatic carbocycles. The molecule has 0 radical (unpaired) electrons. The van der Waals surface area contributed by atoms with Gasteiger partial charge in [0.25, 0.3) is 5.91 Å². The minimum absolute atomic E-state index is 0.0754. The van der Waals surface area contributed by atoms with E-state index in [1.165, 1.54) is 11.8 Å². The first-order chi connectivity index (χ1) is 23.2. The van der Waals surface area contributed by atoms with Crippen LogP contribution in [0.2, 0.25) is 0 Å². The molecule has 2 atom stereocenters. The number of imidazole rings is 1. The van der Waals surface area contributed by atoms with Crippen molar-refractivity contribution in [2.24, 2.45) is 5.73 Å². The van der Waals surface area contributed by atoms with Gasteiger partial charge in [-0.2, -0.15) is 0 Å². The van der Waals surface area contributed by atoms with E-state index in [0.717, 1.165) is 52.0 Å². The standard InChI is InChI=1S/C39H42N4O4S/c1-4-11-35-42-36-25(3)20-29(37(44)41-30(21-26-12-7-6-8-13-26)24-48-39(47)33(40)5-2)22-34(36)43(35)23-27-16-18-28(19-17-27)31-14-9-10-15-32(31)38(45)46/h6-10,12-20,22,30,33H,4-5,11,21,23-24,40H2,1-3H3,(H,41,44)(H,45,46)/t30-,33+/m1/s1. The molecule has 0 aliphatic heterocycles. The summed E-state index contributed by atoms with van der Waals surface area (Å²) >= 11 is 1.17. The smallest absolute Gasteiger partial charge is 0.336 e. The predicted molar refractivity (Wildman–Crippen MR) is 194 cm³/mol. The lowest BCUT2D eigenvalue weighted by Gasteiger charge is -2.19. The minimum Gasteiger partial charge on any atom is -0.478 e. The molecule has 48 heavy (non-hydrogen) atoms. The third kappa shape index (κ3) is 8.21. The van der Waals surface area contributed by atoms with E-state index in [0.29, 0.717) is 36.3 Å². The average Bonchev–Trinajstić information content (AvgIpc) is 3.44. The first-order valence-electron chi connectivity index (χ1n) is 16.4. The topological polar surface area (TPSA) is 127 Å². The molecule has 9 heteroatoms. The summed E-state index contributed by atoms with van der Waals surface area (Å²) in [5, 5.41) is 12.8. The Morgan fingerprint density at radius 3 is 2.33 bits per heavy atom. The Balaban J connectivity index is 1.43. The van der Waals surface area contributed by atoms with E-state index in [4.69, 9.17) is 10.7 Å². The van der Waals surface area contributed by atoms with Crippen molar-refractivity contribution in [2.45, 2.75) is 65.1 Å². The number of carboxylic acid groups (broad SMARTS) is 1. The molecular weight excluding hydrogens is 621 g/mol. The van der Waals surface area contributed by atoms with Crippen LogP contribution in [0.3, 0.4) is 0 Å². The largest absolute Gasteiger partial charge is 0.478 e. The van der Waals surface area contributed by atoms with Crippen LogP contribution in [-0.4, -0.2) is 49.5 Å². The number of nitrogens with two attached hydrogens (primary N) is 1. The number of fused-ring (bicyclic) bond motifs is 1. The third-order valence-corrected chi connectivity index (χ3v) is 9.61. The number of amides is 1. The molecule has 4 N–H and O–H groups in total. The fourth-order valence-electron chi connectivity index (χ4n) is 5.83. The highest BCUT2D eigenvalue weighted by atomic mass is 32.2. The van der Waals surface area contributed by atoms with Crippen LogP contribution in [-0.2, 0) is 24.2 Å². The Morgan fingerprint density at radius 2 is 1.65 bits per heavy atom. The van der Waals surface area contributed by atoms with E-state index in [9.17, 15) is 19.5 Å². The normalized spacial score (nSPS) is 12.5. The Kier molecular flexibility index (Phi) is 11.5. The number of rotatable bonds is 14. The SMILES string of the molecule is CCCc1nc2c(C)cc(C(=O)N[C@@H](CSC(=O)[C@@H](N)CC)Cc3ccccc3)cc2n1Cc1ccc(-c2ccccc2C(=O)O)cc1. The maximum absolute atomic E-state index is 13.8. The number of aromatic carboxylic acids is 1. The second-order valence-electron chi connectivity index (χ2n) is 12.1. The van der Waals surface area contributed by atoms with Crippen molar-refractivity contribution in [1.82, 2.24) is 14.9 Å². The van der Waals surface area contributed by atoms with Crippen LogP contribution in [0.5, 0.6) is 0 Å². The summed E-state index contributed by atoms with van der Waals surface area (Å²) in [6.07, 6.45) is 2.85. The number of hydrogen-bond acceptors (Lipinski definition) is 6. The van der Waals surface area contributed by atoms with Crippen LogP contribution >= 0.6 is 11.8 Å². The zero-order valence-corrected chi connectivity index (χ0v) is 28.4. The fraction of sp³-hybridized carbons (Fsp3) is 0.282. The van der Waals surface area contributed by atoms with E-state index in [1.54, 1.807) is 12.1 Å². The molecule has 0 spiro atoms. The van der Waals surface area contributed by atoms with E-state index in [-0.39, 0.29) is 22.6 Å². The lowest BCUT2D eigenvalue weighted by atomic mass is 9.98. The van der Waals surface area contributed by atoms with Gasteiger partial charge in [-0.25, -0.2) is 9.78 Å². The Bertz CT molecular complexity index is 1900. The molecule has 5 aromatic rings. The van der Waals surface area contributed by atoms with Crippen LogP contribution in [0.25, 0.3) is 22.2 Å². The molecule has 8 nitrogen and oxygen atoms in total. The monoisotopic (exact) mass is 662 g/mol. The second-order valence-corrected chi connectivity index (χ2v) is 13.1. The molecule has 0 saturated heterocycles. The van der Waals surface area contributed by atoms with Gasteiger partial charge in [-0.05, 0) is 72.2 Å². The van der Waals surface area contributed by atoms with Gasteiger partial charge in [0.1, 0.15) is 5.82 Å². The molecule has 0 saturated carbocycles. The van der Waals surface area contributed by atoms with E-state index in [1.807, 2.05) is 92.7 Å². The molecule has 0 bridgehead atoms. The van der Waals surface area contributed by atoms with Crippen molar-refractivity contribution in [1.29, 1.82) is 0 Å². The Morgan fingerprint density at radius 1 is 0.938 bits per heavy atom. The number of thioether (sulfide) groups is 1. The summed E-state index contributed by atoms with van der Waals surface area (Å²) < 4.78 is 2.17. The van der Waals surface area contributed by atoms with E-state index >= 15 is 0 Å². The van der Waals surface area contributed by atoms with Crippen LogP contribution in [0, 0.1) is 6.92 Å². The molecule has 248 valence electrons. The van der Waals surface area contributed by atoms with Crippen LogP contribution in [0.1, 0.15) is 69.9 Å². The summed E-state index contributed by atoms with van der Waals surface area (Å²) in [6, 6.07) is 27.8. The van der Waals surface area contributed by atoms with Crippen molar-refractivity contribution in [3.63, 3.8) is 0 Å². The average molecular weight is 663 g/mol. The highest BCUT2D eigenvalue weighted by Crippen LogP contribution is 2.27. The molecule has 0 fully saturated rings. The summed E-state index contributed by atoms with van der Waals surface area (Å²) in [7, 11) is 0. The maximum atomic E-state index is 13.8. The minimum atomic E-state index is -0.960. The van der Waals surface area contributed by atoms with Gasteiger partial charge in [0.15, 0.2) is 0 Å². The molecule has 0 unspecified atom stereocenters. The first kappa shape index (κ1) is 34.6. The van der Waals surface area contributed by atoms with Gasteiger partial charge < -0.3 is 20.7 Å². The van der Waals surface area contributed by atoms with Gasteiger partial charge in [0.05, 0.1) is 22.6 Å². The van der Waals surface area contributed by atoms with E-state index < -0.39 is 12.0 Å². The van der Waals surface area contributed by atoms with Gasteiger partial charge in [-0.1, -0.05) is 98.4 Å². The molecule has 1 aromatic heterocycles. The molecular formula is C39H42N4O4S. The molecule has 0 aliphatic carbocycles. The third-order valence-electron chi connectivity index (χ3n) is 8.45. The lowest BCUT2D eigenvalue weighted by molar-refractivity contribution is -0.112. The highest BCUT2D eigenvalue weighted by molar-refractivity contribution is 8.13. The van der Waals surface area contributed by atoms with Crippen molar-refractivity contribution in [3.05, 3.63) is 125 Å². The van der Waals surface area contributed by atoms with Crippen LogP contribution < -0.4 is 11.1 Å². The van der Waals surface area contributed by atoms with Gasteiger partial charge in [0, 0.05) is 30.3 Å². The summed E-state index contributed by atoms with van der Waals surface area (Å²) in [6.45, 7) is 6.53. The quantitative estimate of drug-likeness (QED) is 0.116. The van der Waals surface area contributed by atoms with E-state index in [2.05, 4.69) is 16.8 Å². The van der Waals surface area contributed by atoms with Crippen molar-refractivity contribution >= 4 is 39.8 Å². The first-order valence-corrected chi connectivity index (χ1v) is 17.3. The number of aryl methyl sites for hydroxylation is 2. The molecule has 0 aliphatic rings. The molecule has 1 amide bonds. The molecule has 1 heterocycles. The number of benzene rings is 4. The van der Waals surface area contributed by atoms with Crippen LogP contribution in [0.15, 0.2) is 91.0 Å². The van der Waals surface area contributed by atoms with Gasteiger partial charge in [-0.3, -0.25) is 9.59 Å². The van der Waals surface area contributed by atoms with Gasteiger partial charge >= 0.3 is 5.97 Å². The zero-order chi connectivity index (χ0) is 34.2. The summed E-state index contributed by atoms with van der Waals surface area (Å²) in [4.78, 5) is 43.1. The number of nitrogens with one attached hydrogen (secondary N) is 1. The molecule has 5 rings (SSSR count). The number of carbonyl (C=O) groups excluding carboxylic acids is 2. The number of hydrogen-bond donors (Lipinski definition) is 3. The summed E-state index contributed by atoms with van der Waals surface area (Å²) in [5.74, 6) is 0.191. The number of carboxylic acids is 1. The highest BCUT2D eigenvalue weighted by Gasteiger charge is 2.21.